The maximum atomic E-state index is 3.51. The molecule has 0 amide bonds. The highest BCUT2D eigenvalue weighted by Crippen LogP contribution is 2.11. The third-order valence-electron chi connectivity index (χ3n) is 3.09. The number of benzene rings is 1. The van der Waals surface area contributed by atoms with Gasteiger partial charge in [-0.1, -0.05) is 28.1 Å². The lowest BCUT2D eigenvalue weighted by atomic mass is 10.2. The lowest BCUT2D eigenvalue weighted by Crippen LogP contribution is -2.41. The van der Waals surface area contributed by atoms with Crippen LogP contribution in [-0.2, 0) is 6.54 Å². The zero-order valence-electron chi connectivity index (χ0n) is 11.9. The molecule has 1 aromatic rings. The van der Waals surface area contributed by atoms with Crippen molar-refractivity contribution in [3.05, 3.63) is 34.3 Å². The number of hydrogen-bond acceptors (Lipinski definition) is 2. The molecule has 0 aliphatic rings. The lowest BCUT2D eigenvalue weighted by molar-refractivity contribution is 0.176. The van der Waals surface area contributed by atoms with Crippen molar-refractivity contribution >= 4 is 15.9 Å². The van der Waals surface area contributed by atoms with Gasteiger partial charge in [0, 0.05) is 36.2 Å². The molecule has 0 atom stereocenters. The highest BCUT2D eigenvalue weighted by molar-refractivity contribution is 9.10. The van der Waals surface area contributed by atoms with Crippen LogP contribution in [0, 0.1) is 0 Å². The van der Waals surface area contributed by atoms with Crippen LogP contribution in [0.25, 0.3) is 0 Å². The minimum absolute atomic E-state index is 0.609. The maximum Gasteiger partial charge on any atom is 0.0206 e. The summed E-state index contributed by atoms with van der Waals surface area (Å²) in [6, 6.07) is 9.67. The van der Waals surface area contributed by atoms with Gasteiger partial charge in [0.2, 0.25) is 0 Å². The van der Waals surface area contributed by atoms with Gasteiger partial charge in [-0.2, -0.15) is 0 Å². The number of hydrogen-bond donors (Lipinski definition) is 1. The highest BCUT2D eigenvalue weighted by Gasteiger charge is 2.11. The maximum absolute atomic E-state index is 3.51. The second kappa shape index (κ2) is 7.93. The zero-order valence-corrected chi connectivity index (χ0v) is 13.5. The van der Waals surface area contributed by atoms with E-state index in [0.717, 1.165) is 24.1 Å². The molecule has 3 heteroatoms. The molecule has 0 radical (unpaired) electrons. The van der Waals surface area contributed by atoms with Crippen molar-refractivity contribution in [2.75, 3.05) is 13.1 Å². The molecule has 0 aliphatic heterocycles. The molecule has 18 heavy (non-hydrogen) atoms. The van der Waals surface area contributed by atoms with Crippen molar-refractivity contribution in [1.29, 1.82) is 0 Å². The largest absolute Gasteiger partial charge is 0.311 e. The first-order chi connectivity index (χ1) is 8.50. The zero-order chi connectivity index (χ0) is 13.5. The van der Waals surface area contributed by atoms with E-state index < -0.39 is 0 Å². The first-order valence-electron chi connectivity index (χ1n) is 6.71. The number of nitrogens with zero attached hydrogens (tertiary/aromatic N) is 1. The molecule has 102 valence electrons. The third kappa shape index (κ3) is 5.51. The fourth-order valence-corrected chi connectivity index (χ4v) is 2.65. The quantitative estimate of drug-likeness (QED) is 0.773. The molecular formula is C15H25BrN2. The first kappa shape index (κ1) is 15.7. The molecule has 0 aromatic heterocycles. The normalized spacial score (nSPS) is 11.8. The Kier molecular flexibility index (Phi) is 6.90. The summed E-state index contributed by atoms with van der Waals surface area (Å²) < 4.78 is 1.15. The van der Waals surface area contributed by atoms with Gasteiger partial charge in [-0.25, -0.2) is 0 Å². The molecule has 1 aromatic carbocycles. The smallest absolute Gasteiger partial charge is 0.0206 e. The van der Waals surface area contributed by atoms with Crippen LogP contribution in [0.3, 0.4) is 0 Å². The van der Waals surface area contributed by atoms with E-state index in [1.165, 1.54) is 5.56 Å². The minimum atomic E-state index is 0.609. The Morgan fingerprint density at radius 2 is 1.83 bits per heavy atom. The standard InChI is InChI=1S/C15H25BrN2/c1-12(2)18(13(3)4)9-8-17-11-14-6-5-7-15(16)10-14/h5-7,10,12-13,17H,8-9,11H2,1-4H3. The summed E-state index contributed by atoms with van der Waals surface area (Å²) in [6.45, 7) is 12.1. The van der Waals surface area contributed by atoms with E-state index in [0.29, 0.717) is 12.1 Å². The highest BCUT2D eigenvalue weighted by atomic mass is 79.9. The molecule has 0 saturated heterocycles. The van der Waals surface area contributed by atoms with E-state index in [1.54, 1.807) is 0 Å². The van der Waals surface area contributed by atoms with Crippen LogP contribution in [0.5, 0.6) is 0 Å². The fraction of sp³-hybridized carbons (Fsp3) is 0.600. The number of rotatable bonds is 7. The van der Waals surface area contributed by atoms with Crippen LogP contribution < -0.4 is 5.32 Å². The molecule has 1 N–H and O–H groups in total. The van der Waals surface area contributed by atoms with Gasteiger partial charge >= 0.3 is 0 Å². The molecule has 0 fully saturated rings. The monoisotopic (exact) mass is 312 g/mol. The van der Waals surface area contributed by atoms with E-state index in [2.05, 4.69) is 78.1 Å². The van der Waals surface area contributed by atoms with Crippen LogP contribution >= 0.6 is 15.9 Å². The van der Waals surface area contributed by atoms with Crippen LogP contribution in [0.4, 0.5) is 0 Å². The molecular weight excluding hydrogens is 288 g/mol. The number of halogens is 1. The Bertz CT molecular complexity index is 342. The minimum Gasteiger partial charge on any atom is -0.311 e. The summed E-state index contributed by atoms with van der Waals surface area (Å²) >= 11 is 3.50. The van der Waals surface area contributed by atoms with Crippen LogP contribution in [0.2, 0.25) is 0 Å². The lowest BCUT2D eigenvalue weighted by Gasteiger charge is -2.30. The second-order valence-corrected chi connectivity index (χ2v) is 6.15. The van der Waals surface area contributed by atoms with E-state index in [9.17, 15) is 0 Å². The van der Waals surface area contributed by atoms with Gasteiger partial charge in [0.1, 0.15) is 0 Å². The van der Waals surface area contributed by atoms with Gasteiger partial charge in [0.05, 0.1) is 0 Å². The Labute approximate surface area is 120 Å². The molecule has 0 unspecified atom stereocenters. The molecule has 0 bridgehead atoms. The van der Waals surface area contributed by atoms with Crippen molar-refractivity contribution in [3.63, 3.8) is 0 Å². The van der Waals surface area contributed by atoms with Crippen molar-refractivity contribution < 1.29 is 0 Å². The van der Waals surface area contributed by atoms with E-state index in [4.69, 9.17) is 0 Å². The van der Waals surface area contributed by atoms with Gasteiger partial charge in [0.25, 0.3) is 0 Å². The van der Waals surface area contributed by atoms with E-state index in [1.807, 2.05) is 0 Å². The summed E-state index contributed by atoms with van der Waals surface area (Å²) in [5.41, 5.74) is 1.32. The molecule has 1 rings (SSSR count). The Morgan fingerprint density at radius 3 is 2.39 bits per heavy atom. The van der Waals surface area contributed by atoms with Crippen molar-refractivity contribution in [2.45, 2.75) is 46.3 Å². The van der Waals surface area contributed by atoms with Gasteiger partial charge in [-0.05, 0) is 45.4 Å². The average Bonchev–Trinajstić information content (AvgIpc) is 2.27. The van der Waals surface area contributed by atoms with Gasteiger partial charge in [-0.3, -0.25) is 4.90 Å². The summed E-state index contributed by atoms with van der Waals surface area (Å²) in [5.74, 6) is 0. The predicted molar refractivity (Wildman–Crippen MR) is 82.8 cm³/mol. The second-order valence-electron chi connectivity index (χ2n) is 5.23. The molecule has 0 heterocycles. The fourth-order valence-electron chi connectivity index (χ4n) is 2.20. The Morgan fingerprint density at radius 1 is 1.17 bits per heavy atom. The van der Waals surface area contributed by atoms with Crippen molar-refractivity contribution in [3.8, 4) is 0 Å². The SMILES string of the molecule is CC(C)N(CCNCc1cccc(Br)c1)C(C)C. The first-order valence-corrected chi connectivity index (χ1v) is 7.51. The molecule has 0 saturated carbocycles. The van der Waals surface area contributed by atoms with E-state index in [-0.39, 0.29) is 0 Å². The molecule has 2 nitrogen and oxygen atoms in total. The van der Waals surface area contributed by atoms with Crippen molar-refractivity contribution in [2.24, 2.45) is 0 Å². The number of nitrogens with one attached hydrogen (secondary N) is 1. The predicted octanol–water partition coefficient (Wildman–Crippen LogP) is 3.66. The van der Waals surface area contributed by atoms with Crippen LogP contribution in [0.15, 0.2) is 28.7 Å². The van der Waals surface area contributed by atoms with Crippen molar-refractivity contribution in [1.82, 2.24) is 10.2 Å². The van der Waals surface area contributed by atoms with Gasteiger partial charge in [-0.15, -0.1) is 0 Å². The third-order valence-corrected chi connectivity index (χ3v) is 3.58. The summed E-state index contributed by atoms with van der Waals surface area (Å²) in [4.78, 5) is 2.51. The average molecular weight is 313 g/mol. The topological polar surface area (TPSA) is 15.3 Å². The molecule has 0 spiro atoms. The van der Waals surface area contributed by atoms with Gasteiger partial charge < -0.3 is 5.32 Å². The molecule has 0 aliphatic carbocycles. The summed E-state index contributed by atoms with van der Waals surface area (Å²) in [5, 5.41) is 3.51. The van der Waals surface area contributed by atoms with Crippen LogP contribution in [-0.4, -0.2) is 30.1 Å². The summed E-state index contributed by atoms with van der Waals surface area (Å²) in [6.07, 6.45) is 0. The van der Waals surface area contributed by atoms with Gasteiger partial charge in [0.15, 0.2) is 0 Å². The summed E-state index contributed by atoms with van der Waals surface area (Å²) in [7, 11) is 0. The van der Waals surface area contributed by atoms with Crippen LogP contribution in [0.1, 0.15) is 33.3 Å². The Balaban J connectivity index is 2.30. The Hall–Kier alpha value is -0.380. The van der Waals surface area contributed by atoms with E-state index >= 15 is 0 Å².